The van der Waals surface area contributed by atoms with Gasteiger partial charge in [-0.3, -0.25) is 4.79 Å². The first-order valence-corrected chi connectivity index (χ1v) is 10.4. The van der Waals surface area contributed by atoms with Gasteiger partial charge in [0.2, 0.25) is 0 Å². The molecule has 0 aromatic heterocycles. The molecule has 148 valence electrons. The number of allylic oxidation sites excluding steroid dienone is 4. The van der Waals surface area contributed by atoms with Gasteiger partial charge >= 0.3 is 16.1 Å². The molecule has 0 saturated carbocycles. The number of para-hydroxylation sites is 1. The summed E-state index contributed by atoms with van der Waals surface area (Å²) in [5.41, 5.74) is 0. The van der Waals surface area contributed by atoms with Gasteiger partial charge in [-0.2, -0.15) is 0 Å². The summed E-state index contributed by atoms with van der Waals surface area (Å²) < 4.78 is 5.28. The zero-order chi connectivity index (χ0) is 18.7. The zero-order valence-corrected chi connectivity index (χ0v) is 16.5. The number of unbranched alkanes of at least 4 members (excludes halogenated alkanes) is 8. The Bertz CT molecular complexity index is 508. The molecule has 1 aromatic carbocycles. The van der Waals surface area contributed by atoms with E-state index in [9.17, 15) is 4.79 Å². The van der Waals surface area contributed by atoms with Gasteiger partial charge < -0.3 is 4.74 Å². The van der Waals surface area contributed by atoms with Crippen molar-refractivity contribution in [3.63, 3.8) is 0 Å². The molecule has 0 fully saturated rings. The summed E-state index contributed by atoms with van der Waals surface area (Å²) in [5.74, 6) is 0.516. The van der Waals surface area contributed by atoms with Crippen LogP contribution in [0.3, 0.4) is 0 Å². The maximum absolute atomic E-state index is 11.7. The minimum atomic E-state index is -0.123. The van der Waals surface area contributed by atoms with Crippen LogP contribution in [0, 0.1) is 0 Å². The predicted molar refractivity (Wildman–Crippen MR) is 120 cm³/mol. The van der Waals surface area contributed by atoms with Gasteiger partial charge in [-0.1, -0.05) is 81.5 Å². The van der Waals surface area contributed by atoms with Crippen LogP contribution in [-0.2, 0) is 4.79 Å². The average molecular weight is 368 g/mol. The average Bonchev–Trinajstić information content (AvgIpc) is 2.65. The first-order valence-electron chi connectivity index (χ1n) is 10.4. The Hall–Kier alpha value is -1.66. The van der Waals surface area contributed by atoms with Gasteiger partial charge in [0.25, 0.3) is 0 Å². The number of carbonyl (C=O) groups excluding carboxylic acids is 1. The SMILES string of the molecule is CCCCC/C=C\C/C=C\CCCCCCCC(=O)Oc1ccccc1.[BeH2]. The van der Waals surface area contributed by atoms with E-state index in [0.717, 1.165) is 19.3 Å². The predicted octanol–water partition coefficient (Wildman–Crippen LogP) is 6.49. The Kier molecular flexibility index (Phi) is 17.9. The molecule has 2 nitrogen and oxygen atoms in total. The summed E-state index contributed by atoms with van der Waals surface area (Å²) in [4.78, 5) is 11.7. The molecule has 0 amide bonds. The van der Waals surface area contributed by atoms with Gasteiger partial charge in [0, 0.05) is 6.42 Å². The number of carbonyl (C=O) groups is 1. The molecule has 0 saturated heterocycles. The van der Waals surface area contributed by atoms with Crippen LogP contribution < -0.4 is 4.74 Å². The molecule has 0 aliphatic heterocycles. The number of rotatable bonds is 15. The van der Waals surface area contributed by atoms with Crippen molar-refractivity contribution in [2.75, 3.05) is 0 Å². The molecular weight excluding hydrogens is 329 g/mol. The Morgan fingerprint density at radius 3 is 2.07 bits per heavy atom. The van der Waals surface area contributed by atoms with Crippen LogP contribution in [0.4, 0.5) is 0 Å². The molecule has 0 heterocycles. The van der Waals surface area contributed by atoms with E-state index in [1.807, 2.05) is 30.3 Å². The molecule has 0 spiro atoms. The standard InChI is InChI=1S/C24H36O2.Be.2H/c1-2-3-4-5-6-7-8-9-10-11-12-13-14-15-19-22-24(25)26-23-20-17-16-18-21-23;;;/h6-7,9-10,16-18,20-21H,2-5,8,11-15,19,22H2,1H3;;;/b7-6-,10-9-;;;. The quantitative estimate of drug-likeness (QED) is 0.116. The van der Waals surface area contributed by atoms with Gasteiger partial charge in [0.1, 0.15) is 5.75 Å². The Morgan fingerprint density at radius 1 is 0.815 bits per heavy atom. The second kappa shape index (κ2) is 19.1. The monoisotopic (exact) mass is 367 g/mol. The van der Waals surface area contributed by atoms with Crippen LogP contribution in [0.2, 0.25) is 0 Å². The van der Waals surface area contributed by atoms with E-state index in [1.54, 1.807) is 0 Å². The number of hydrogen-bond donors (Lipinski definition) is 0. The number of benzene rings is 1. The molecule has 0 N–H and O–H groups in total. The van der Waals surface area contributed by atoms with Crippen molar-refractivity contribution in [1.29, 1.82) is 0 Å². The fraction of sp³-hybridized carbons (Fsp3) is 0.542. The third-order valence-corrected chi connectivity index (χ3v) is 4.31. The van der Waals surface area contributed by atoms with Crippen molar-refractivity contribution in [2.45, 2.75) is 84.0 Å². The fourth-order valence-electron chi connectivity index (χ4n) is 2.75. The maximum atomic E-state index is 11.7. The number of hydrogen-bond acceptors (Lipinski definition) is 2. The molecule has 0 aliphatic carbocycles. The van der Waals surface area contributed by atoms with Crippen molar-refractivity contribution in [2.24, 2.45) is 0 Å². The summed E-state index contributed by atoms with van der Waals surface area (Å²) in [6.45, 7) is 2.24. The van der Waals surface area contributed by atoms with Crippen molar-refractivity contribution in [3.8, 4) is 5.75 Å². The fourth-order valence-corrected chi connectivity index (χ4v) is 2.75. The second-order valence-corrected chi connectivity index (χ2v) is 6.77. The first-order chi connectivity index (χ1) is 12.8. The van der Waals surface area contributed by atoms with Crippen LogP contribution >= 0.6 is 0 Å². The summed E-state index contributed by atoms with van der Waals surface area (Å²) in [7, 11) is 0. The van der Waals surface area contributed by atoms with E-state index in [2.05, 4.69) is 31.2 Å². The molecule has 1 aromatic rings. The van der Waals surface area contributed by atoms with Crippen molar-refractivity contribution < 1.29 is 9.53 Å². The Labute approximate surface area is 170 Å². The molecule has 0 bridgehead atoms. The minimum absolute atomic E-state index is 0. The summed E-state index contributed by atoms with van der Waals surface area (Å²) in [6, 6.07) is 9.29. The Balaban J connectivity index is 0.00000676. The normalized spacial score (nSPS) is 11.0. The van der Waals surface area contributed by atoms with E-state index < -0.39 is 0 Å². The third-order valence-electron chi connectivity index (χ3n) is 4.31. The summed E-state index contributed by atoms with van der Waals surface area (Å²) in [5, 5.41) is 0. The van der Waals surface area contributed by atoms with Crippen LogP contribution in [0.15, 0.2) is 54.6 Å². The first kappa shape index (κ1) is 25.3. The summed E-state index contributed by atoms with van der Waals surface area (Å²) in [6.07, 6.45) is 22.8. The van der Waals surface area contributed by atoms with Gasteiger partial charge in [-0.15, -0.1) is 0 Å². The molecular formula is C24H38BeO2. The van der Waals surface area contributed by atoms with E-state index in [0.29, 0.717) is 12.2 Å². The molecule has 1 rings (SSSR count). The molecule has 0 radical (unpaired) electrons. The molecule has 27 heavy (non-hydrogen) atoms. The van der Waals surface area contributed by atoms with E-state index in [1.165, 1.54) is 51.4 Å². The summed E-state index contributed by atoms with van der Waals surface area (Å²) >= 11 is 0. The van der Waals surface area contributed by atoms with Crippen LogP contribution in [-0.4, -0.2) is 16.1 Å². The zero-order valence-electron chi connectivity index (χ0n) is 16.5. The van der Waals surface area contributed by atoms with Gasteiger partial charge in [-0.05, 0) is 50.7 Å². The van der Waals surface area contributed by atoms with E-state index >= 15 is 0 Å². The van der Waals surface area contributed by atoms with Crippen LogP contribution in [0.25, 0.3) is 0 Å². The van der Waals surface area contributed by atoms with Gasteiger partial charge in [0.05, 0.1) is 0 Å². The molecule has 0 atom stereocenters. The van der Waals surface area contributed by atoms with Gasteiger partial charge in [-0.25, -0.2) is 0 Å². The number of esters is 1. The van der Waals surface area contributed by atoms with Crippen LogP contribution in [0.1, 0.15) is 84.0 Å². The van der Waals surface area contributed by atoms with Crippen molar-refractivity contribution in [1.82, 2.24) is 0 Å². The van der Waals surface area contributed by atoms with Crippen molar-refractivity contribution >= 4 is 16.1 Å². The second-order valence-electron chi connectivity index (χ2n) is 6.77. The molecule has 0 aliphatic rings. The van der Waals surface area contributed by atoms with E-state index in [4.69, 9.17) is 4.74 Å². The van der Waals surface area contributed by atoms with E-state index in [-0.39, 0.29) is 16.1 Å². The third kappa shape index (κ3) is 16.3. The Morgan fingerprint density at radius 2 is 1.41 bits per heavy atom. The topological polar surface area (TPSA) is 26.3 Å². The molecule has 3 heteroatoms. The number of ether oxygens (including phenoxy) is 1. The van der Waals surface area contributed by atoms with Crippen molar-refractivity contribution in [3.05, 3.63) is 54.6 Å². The van der Waals surface area contributed by atoms with Gasteiger partial charge in [0.15, 0.2) is 0 Å². The van der Waals surface area contributed by atoms with Crippen LogP contribution in [0.5, 0.6) is 5.75 Å². The molecule has 0 unspecified atom stereocenters.